The summed E-state index contributed by atoms with van der Waals surface area (Å²) >= 11 is 1.47. The van der Waals surface area contributed by atoms with Crippen LogP contribution in [0.25, 0.3) is 5.69 Å². The molecule has 1 saturated heterocycles. The number of thioether (sulfide) groups is 1. The summed E-state index contributed by atoms with van der Waals surface area (Å²) in [7, 11) is 0. The monoisotopic (exact) mass is 427 g/mol. The maximum Gasteiger partial charge on any atom is 0.314 e. The molecule has 0 saturated carbocycles. The number of hydrogen-bond donors (Lipinski definition) is 2. The van der Waals surface area contributed by atoms with Crippen molar-refractivity contribution in [1.82, 2.24) is 20.0 Å². The van der Waals surface area contributed by atoms with Gasteiger partial charge < -0.3 is 10.6 Å². The van der Waals surface area contributed by atoms with Crippen molar-refractivity contribution in [3.8, 4) is 5.69 Å². The van der Waals surface area contributed by atoms with Crippen LogP contribution < -0.4 is 10.6 Å². The molecule has 30 heavy (non-hydrogen) atoms. The lowest BCUT2D eigenvalue weighted by Gasteiger charge is -2.31. The van der Waals surface area contributed by atoms with Gasteiger partial charge in [0.1, 0.15) is 0 Å². The van der Waals surface area contributed by atoms with E-state index < -0.39 is 11.8 Å². The number of carbonyl (C=O) groups is 2. The van der Waals surface area contributed by atoms with Crippen LogP contribution >= 0.6 is 11.8 Å². The quantitative estimate of drug-likeness (QED) is 0.421. The average molecular weight is 428 g/mol. The Morgan fingerprint density at radius 3 is 2.50 bits per heavy atom. The summed E-state index contributed by atoms with van der Waals surface area (Å²) in [6.07, 6.45) is 7.49. The van der Waals surface area contributed by atoms with Crippen molar-refractivity contribution in [3.05, 3.63) is 48.2 Å². The second kappa shape index (κ2) is 10.4. The van der Waals surface area contributed by atoms with Crippen LogP contribution in [-0.4, -0.2) is 58.4 Å². The Labute approximate surface area is 181 Å². The van der Waals surface area contributed by atoms with Gasteiger partial charge in [-0.15, -0.1) is 11.8 Å². The van der Waals surface area contributed by atoms with Gasteiger partial charge in [-0.1, -0.05) is 29.8 Å². The molecule has 1 aliphatic heterocycles. The molecule has 2 aromatic rings. The van der Waals surface area contributed by atoms with Crippen LogP contribution in [0, 0.1) is 0 Å². The Kier molecular flexibility index (Phi) is 7.70. The molecule has 0 atom stereocenters. The highest BCUT2D eigenvalue weighted by molar-refractivity contribution is 7.98. The first kappa shape index (κ1) is 22.1. The van der Waals surface area contributed by atoms with Crippen LogP contribution in [0.1, 0.15) is 26.7 Å². The lowest BCUT2D eigenvalue weighted by molar-refractivity contribution is -0.136. The number of nitrogens with one attached hydrogen (secondary N) is 2. The van der Waals surface area contributed by atoms with Crippen LogP contribution in [0.3, 0.4) is 0 Å². The Balaban J connectivity index is 1.59. The van der Waals surface area contributed by atoms with Crippen molar-refractivity contribution in [3.63, 3.8) is 0 Å². The molecule has 2 amide bonds. The zero-order chi connectivity index (χ0) is 21.5. The molecule has 0 bridgehead atoms. The van der Waals surface area contributed by atoms with Gasteiger partial charge in [-0.25, -0.2) is 4.68 Å². The number of piperidine rings is 1. The molecule has 2 heterocycles. The molecule has 160 valence electrons. The third kappa shape index (κ3) is 5.73. The van der Waals surface area contributed by atoms with Gasteiger partial charge in [-0.05, 0) is 45.1 Å². The van der Waals surface area contributed by atoms with E-state index in [1.807, 2.05) is 36.6 Å². The smallest absolute Gasteiger partial charge is 0.314 e. The Morgan fingerprint density at radius 2 is 1.87 bits per heavy atom. The molecule has 1 aliphatic rings. The SMILES string of the molecule is CSc1cnn(-c2ccccc2)c1NC(=O)C(=O)NC1CCN(CC=C(C)C)CC1. The standard InChI is InChI=1S/C22H29N5O2S/c1-16(2)9-12-26-13-10-17(11-14-26)24-21(28)22(29)25-20-19(30-3)15-23-27(20)18-7-5-4-6-8-18/h4-9,15,17H,10-14H2,1-3H3,(H,24,28)(H,25,29). The summed E-state index contributed by atoms with van der Waals surface area (Å²) in [6.45, 7) is 6.95. The largest absolute Gasteiger partial charge is 0.345 e. The van der Waals surface area contributed by atoms with Crippen molar-refractivity contribution >= 4 is 29.4 Å². The van der Waals surface area contributed by atoms with Crippen LogP contribution in [0.4, 0.5) is 5.82 Å². The number of para-hydroxylation sites is 1. The van der Waals surface area contributed by atoms with Gasteiger partial charge in [0.25, 0.3) is 0 Å². The highest BCUT2D eigenvalue weighted by atomic mass is 32.2. The molecular weight excluding hydrogens is 398 g/mol. The number of likely N-dealkylation sites (tertiary alicyclic amines) is 1. The fourth-order valence-electron chi connectivity index (χ4n) is 3.35. The summed E-state index contributed by atoms with van der Waals surface area (Å²) in [5.41, 5.74) is 2.12. The van der Waals surface area contributed by atoms with Crippen molar-refractivity contribution in [2.24, 2.45) is 0 Å². The number of rotatable bonds is 6. The van der Waals surface area contributed by atoms with Crippen molar-refractivity contribution in [2.75, 3.05) is 31.2 Å². The number of nitrogens with zero attached hydrogens (tertiary/aromatic N) is 3. The first-order chi connectivity index (χ1) is 14.5. The van der Waals surface area contributed by atoms with Crippen LogP contribution in [0.2, 0.25) is 0 Å². The minimum atomic E-state index is -0.671. The summed E-state index contributed by atoms with van der Waals surface area (Å²) in [5, 5.41) is 10.00. The van der Waals surface area contributed by atoms with Gasteiger partial charge >= 0.3 is 11.8 Å². The minimum absolute atomic E-state index is 0.0188. The van der Waals surface area contributed by atoms with Gasteiger partial charge in [0, 0.05) is 25.7 Å². The molecule has 8 heteroatoms. The van der Waals surface area contributed by atoms with E-state index in [0.717, 1.165) is 43.1 Å². The third-order valence-electron chi connectivity index (χ3n) is 5.08. The van der Waals surface area contributed by atoms with Gasteiger partial charge in [0.2, 0.25) is 0 Å². The fourth-order valence-corrected chi connectivity index (χ4v) is 3.83. The maximum atomic E-state index is 12.6. The third-order valence-corrected chi connectivity index (χ3v) is 5.81. The highest BCUT2D eigenvalue weighted by Gasteiger charge is 2.24. The molecule has 0 radical (unpaired) electrons. The number of anilines is 1. The van der Waals surface area contributed by atoms with Crippen molar-refractivity contribution < 1.29 is 9.59 Å². The van der Waals surface area contributed by atoms with Gasteiger partial charge in [0.15, 0.2) is 5.82 Å². The van der Waals surface area contributed by atoms with Crippen molar-refractivity contribution in [1.29, 1.82) is 0 Å². The van der Waals surface area contributed by atoms with E-state index in [-0.39, 0.29) is 6.04 Å². The summed E-state index contributed by atoms with van der Waals surface area (Å²) in [6, 6.07) is 9.53. The van der Waals surface area contributed by atoms with E-state index in [2.05, 4.69) is 40.6 Å². The zero-order valence-corrected chi connectivity index (χ0v) is 18.5. The zero-order valence-electron chi connectivity index (χ0n) is 17.7. The first-order valence-corrected chi connectivity index (χ1v) is 11.4. The number of allylic oxidation sites excluding steroid dienone is 1. The molecule has 0 unspecified atom stereocenters. The normalized spacial score (nSPS) is 14.9. The van der Waals surface area contributed by atoms with Crippen molar-refractivity contribution in [2.45, 2.75) is 37.6 Å². The summed E-state index contributed by atoms with van der Waals surface area (Å²) in [4.78, 5) is 28.2. The van der Waals surface area contributed by atoms with E-state index in [1.54, 1.807) is 10.9 Å². The number of hydrogen-bond acceptors (Lipinski definition) is 5. The van der Waals surface area contributed by atoms with E-state index in [0.29, 0.717) is 5.82 Å². The summed E-state index contributed by atoms with van der Waals surface area (Å²) < 4.78 is 1.64. The number of carbonyl (C=O) groups excluding carboxylic acids is 2. The Morgan fingerprint density at radius 1 is 1.17 bits per heavy atom. The lowest BCUT2D eigenvalue weighted by Crippen LogP contribution is -2.47. The molecule has 0 aliphatic carbocycles. The number of aromatic nitrogens is 2. The lowest BCUT2D eigenvalue weighted by atomic mass is 10.0. The first-order valence-electron chi connectivity index (χ1n) is 10.1. The Bertz CT molecular complexity index is 898. The molecule has 3 rings (SSSR count). The molecule has 1 aromatic carbocycles. The van der Waals surface area contributed by atoms with E-state index in [9.17, 15) is 9.59 Å². The maximum absolute atomic E-state index is 12.6. The molecule has 2 N–H and O–H groups in total. The Hall–Kier alpha value is -2.58. The number of amides is 2. The number of benzene rings is 1. The van der Waals surface area contributed by atoms with Gasteiger partial charge in [-0.2, -0.15) is 5.10 Å². The predicted molar refractivity (Wildman–Crippen MR) is 121 cm³/mol. The second-order valence-corrected chi connectivity index (χ2v) is 8.44. The molecule has 7 nitrogen and oxygen atoms in total. The van der Waals surface area contributed by atoms with Crippen LogP contribution in [0.5, 0.6) is 0 Å². The molecule has 1 aromatic heterocycles. The van der Waals surface area contributed by atoms with Gasteiger partial charge in [-0.3, -0.25) is 14.5 Å². The average Bonchev–Trinajstić information content (AvgIpc) is 3.16. The van der Waals surface area contributed by atoms with Crippen LogP contribution in [-0.2, 0) is 9.59 Å². The molecule has 1 fully saturated rings. The second-order valence-electron chi connectivity index (χ2n) is 7.59. The summed E-state index contributed by atoms with van der Waals surface area (Å²) in [5.74, 6) is -0.772. The van der Waals surface area contributed by atoms with Gasteiger partial charge in [0.05, 0.1) is 16.8 Å². The van der Waals surface area contributed by atoms with Crippen LogP contribution in [0.15, 0.2) is 53.1 Å². The molecular formula is C22H29N5O2S. The van der Waals surface area contributed by atoms with E-state index in [4.69, 9.17) is 0 Å². The topological polar surface area (TPSA) is 79.3 Å². The predicted octanol–water partition coefficient (Wildman–Crippen LogP) is 3.08. The van der Waals surface area contributed by atoms with E-state index in [1.165, 1.54) is 17.3 Å². The fraction of sp³-hybridized carbons (Fsp3) is 0.409. The highest BCUT2D eigenvalue weighted by Crippen LogP contribution is 2.27. The van der Waals surface area contributed by atoms with E-state index >= 15 is 0 Å². The minimum Gasteiger partial charge on any atom is -0.345 e. The molecule has 0 spiro atoms.